The summed E-state index contributed by atoms with van der Waals surface area (Å²) in [6.07, 6.45) is 0. The minimum atomic E-state index is -0.833. The molecule has 0 aliphatic heterocycles. The van der Waals surface area contributed by atoms with Crippen molar-refractivity contribution in [3.63, 3.8) is 0 Å². The van der Waals surface area contributed by atoms with Crippen LogP contribution < -0.4 is 10.4 Å². The predicted octanol–water partition coefficient (Wildman–Crippen LogP) is 4.47. The lowest BCUT2D eigenvalue weighted by Crippen LogP contribution is -2.22. The molecule has 2 amide bonds. The summed E-state index contributed by atoms with van der Waals surface area (Å²) in [6, 6.07) is 22.9. The van der Waals surface area contributed by atoms with Crippen LogP contribution in [0.1, 0.15) is 20.7 Å². The van der Waals surface area contributed by atoms with Crippen LogP contribution in [-0.2, 0) is 0 Å². The van der Waals surface area contributed by atoms with Gasteiger partial charge in [-0.2, -0.15) is 0 Å². The number of hydrogen-bond acceptors (Lipinski definition) is 2. The lowest BCUT2D eigenvalue weighted by Gasteiger charge is -2.12. The Kier molecular flexibility index (Phi) is 4.85. The number of amides is 2. The Hall–Kier alpha value is -3.47. The fourth-order valence-corrected chi connectivity index (χ4v) is 2.31. The predicted molar refractivity (Wildman–Crippen MR) is 95.2 cm³/mol. The lowest BCUT2D eigenvalue weighted by molar-refractivity contribution is 0.0931. The maximum atomic E-state index is 14.3. The number of nitrogens with zero attached hydrogens (tertiary/aromatic N) is 1. The van der Waals surface area contributed by atoms with Crippen molar-refractivity contribution in [2.24, 2.45) is 0 Å². The highest BCUT2D eigenvalue weighted by Crippen LogP contribution is 2.18. The highest BCUT2D eigenvalue weighted by Gasteiger charge is 2.18. The van der Waals surface area contributed by atoms with Gasteiger partial charge in [-0.3, -0.25) is 9.59 Å². The number of rotatable bonds is 4. The lowest BCUT2D eigenvalue weighted by atomic mass is 10.1. The molecule has 3 aromatic carbocycles. The van der Waals surface area contributed by atoms with Crippen molar-refractivity contribution in [2.75, 3.05) is 10.4 Å². The second-order valence-corrected chi connectivity index (χ2v) is 5.32. The molecular formula is C20H15FN2O2. The minimum Gasteiger partial charge on any atom is -0.322 e. The van der Waals surface area contributed by atoms with E-state index in [1.54, 1.807) is 54.6 Å². The number of benzene rings is 3. The first-order valence-corrected chi connectivity index (χ1v) is 7.67. The quantitative estimate of drug-likeness (QED) is 0.716. The molecule has 25 heavy (non-hydrogen) atoms. The number of anilines is 2. The van der Waals surface area contributed by atoms with Crippen LogP contribution in [0.15, 0.2) is 84.9 Å². The van der Waals surface area contributed by atoms with Crippen molar-refractivity contribution < 1.29 is 14.1 Å². The van der Waals surface area contributed by atoms with Gasteiger partial charge in [0.2, 0.25) is 0 Å². The van der Waals surface area contributed by atoms with Gasteiger partial charge in [0.15, 0.2) is 0 Å². The van der Waals surface area contributed by atoms with E-state index in [9.17, 15) is 14.1 Å². The van der Waals surface area contributed by atoms with Gasteiger partial charge in [-0.05, 0) is 42.5 Å². The molecule has 0 saturated carbocycles. The highest BCUT2D eigenvalue weighted by molar-refractivity contribution is 6.08. The number of carbonyl (C=O) groups excluding carboxylic acids is 2. The Balaban J connectivity index is 1.79. The summed E-state index contributed by atoms with van der Waals surface area (Å²) >= 11 is 0. The summed E-state index contributed by atoms with van der Waals surface area (Å²) in [5.74, 6) is -1.20. The zero-order valence-electron chi connectivity index (χ0n) is 13.2. The van der Waals surface area contributed by atoms with Gasteiger partial charge in [0.25, 0.3) is 11.8 Å². The third kappa shape index (κ3) is 3.90. The molecule has 0 aromatic heterocycles. The third-order valence-electron chi connectivity index (χ3n) is 3.56. The van der Waals surface area contributed by atoms with Gasteiger partial charge in [-0.25, -0.2) is 0 Å². The van der Waals surface area contributed by atoms with Crippen LogP contribution in [0.3, 0.4) is 0 Å². The number of para-hydroxylation sites is 2. The number of carbonyl (C=O) groups is 2. The molecule has 0 saturated heterocycles. The topological polar surface area (TPSA) is 49.4 Å². The fraction of sp³-hybridized carbons (Fsp3) is 0. The fourth-order valence-electron chi connectivity index (χ4n) is 2.31. The van der Waals surface area contributed by atoms with Gasteiger partial charge < -0.3 is 5.32 Å². The molecule has 0 aliphatic rings. The Labute approximate surface area is 144 Å². The summed E-state index contributed by atoms with van der Waals surface area (Å²) < 4.78 is 14.3. The van der Waals surface area contributed by atoms with E-state index < -0.39 is 5.91 Å². The maximum Gasteiger partial charge on any atom is 0.286 e. The smallest absolute Gasteiger partial charge is 0.286 e. The molecule has 4 nitrogen and oxygen atoms in total. The molecule has 0 aliphatic carbocycles. The Morgan fingerprint density at radius 2 is 1.36 bits per heavy atom. The van der Waals surface area contributed by atoms with Crippen LogP contribution in [0, 0.1) is 0 Å². The summed E-state index contributed by atoms with van der Waals surface area (Å²) in [5, 5.41) is 2.79. The van der Waals surface area contributed by atoms with Crippen molar-refractivity contribution in [3.05, 3.63) is 96.1 Å². The molecule has 5 heteroatoms. The van der Waals surface area contributed by atoms with Gasteiger partial charge in [0.1, 0.15) is 0 Å². The molecule has 0 bridgehead atoms. The molecule has 3 aromatic rings. The monoisotopic (exact) mass is 334 g/mol. The highest BCUT2D eigenvalue weighted by atomic mass is 19.2. The summed E-state index contributed by atoms with van der Waals surface area (Å²) in [7, 11) is 0. The molecule has 0 atom stereocenters. The van der Waals surface area contributed by atoms with Crippen LogP contribution >= 0.6 is 0 Å². The van der Waals surface area contributed by atoms with Gasteiger partial charge in [-0.15, -0.1) is 5.12 Å². The van der Waals surface area contributed by atoms with Crippen LogP contribution in [0.2, 0.25) is 0 Å². The van der Waals surface area contributed by atoms with Crippen molar-refractivity contribution in [1.29, 1.82) is 0 Å². The number of halogens is 1. The van der Waals surface area contributed by atoms with Crippen LogP contribution in [0.4, 0.5) is 15.9 Å². The minimum absolute atomic E-state index is 0.0637. The molecule has 124 valence electrons. The average Bonchev–Trinajstić information content (AvgIpc) is 2.68. The molecule has 0 heterocycles. The van der Waals surface area contributed by atoms with E-state index in [1.165, 1.54) is 24.3 Å². The van der Waals surface area contributed by atoms with Crippen molar-refractivity contribution >= 4 is 23.2 Å². The van der Waals surface area contributed by atoms with Gasteiger partial charge >= 0.3 is 0 Å². The van der Waals surface area contributed by atoms with Crippen molar-refractivity contribution in [1.82, 2.24) is 0 Å². The first-order valence-electron chi connectivity index (χ1n) is 7.67. The molecule has 1 N–H and O–H groups in total. The molecular weight excluding hydrogens is 319 g/mol. The van der Waals surface area contributed by atoms with E-state index in [0.717, 1.165) is 0 Å². The standard InChI is InChI=1S/C20H15FN2O2/c21-23(18-12-5-2-6-13-18)20(25)16-9-7-8-15(14-16)19(24)22-17-10-3-1-4-11-17/h1-14H,(H,22,24). The maximum absolute atomic E-state index is 14.3. The van der Waals surface area contributed by atoms with Crippen molar-refractivity contribution in [3.8, 4) is 0 Å². The SMILES string of the molecule is O=C(Nc1ccccc1)c1cccc(C(=O)N(F)c2ccccc2)c1. The Morgan fingerprint density at radius 1 is 0.760 bits per heavy atom. The molecule has 0 fully saturated rings. The van der Waals surface area contributed by atoms with Gasteiger partial charge in [-0.1, -0.05) is 46.9 Å². The van der Waals surface area contributed by atoms with E-state index in [0.29, 0.717) is 5.69 Å². The first-order chi connectivity index (χ1) is 12.1. The van der Waals surface area contributed by atoms with Crippen LogP contribution in [0.5, 0.6) is 0 Å². The normalized spacial score (nSPS) is 10.1. The zero-order chi connectivity index (χ0) is 17.6. The second kappa shape index (κ2) is 7.40. The van der Waals surface area contributed by atoms with E-state index >= 15 is 0 Å². The summed E-state index contributed by atoms with van der Waals surface area (Å²) in [4.78, 5) is 24.6. The van der Waals surface area contributed by atoms with Crippen LogP contribution in [-0.4, -0.2) is 11.8 Å². The van der Waals surface area contributed by atoms with Crippen LogP contribution in [0.25, 0.3) is 0 Å². The van der Waals surface area contributed by atoms with E-state index in [2.05, 4.69) is 5.32 Å². The first kappa shape index (κ1) is 16.4. The Morgan fingerprint density at radius 3 is 2.04 bits per heavy atom. The van der Waals surface area contributed by atoms with E-state index in [4.69, 9.17) is 0 Å². The zero-order valence-corrected chi connectivity index (χ0v) is 13.2. The Bertz CT molecular complexity index is 882. The largest absolute Gasteiger partial charge is 0.322 e. The number of hydrogen-bond donors (Lipinski definition) is 1. The third-order valence-corrected chi connectivity index (χ3v) is 3.56. The molecule has 0 unspecified atom stereocenters. The van der Waals surface area contributed by atoms with E-state index in [1.807, 2.05) is 6.07 Å². The summed E-state index contributed by atoms with van der Waals surface area (Å²) in [5.41, 5.74) is 1.13. The molecule has 3 rings (SSSR count). The summed E-state index contributed by atoms with van der Waals surface area (Å²) in [6.45, 7) is 0. The second-order valence-electron chi connectivity index (χ2n) is 5.32. The molecule has 0 radical (unpaired) electrons. The van der Waals surface area contributed by atoms with Gasteiger partial charge in [0, 0.05) is 16.8 Å². The van der Waals surface area contributed by atoms with Crippen molar-refractivity contribution in [2.45, 2.75) is 0 Å². The van der Waals surface area contributed by atoms with Gasteiger partial charge in [0.05, 0.1) is 5.69 Å². The molecule has 0 spiro atoms. The van der Waals surface area contributed by atoms with E-state index in [-0.39, 0.29) is 27.8 Å². The number of nitrogens with one attached hydrogen (secondary N) is 1. The average molecular weight is 334 g/mol.